The Morgan fingerprint density at radius 1 is 0.967 bits per heavy atom. The zero-order chi connectivity index (χ0) is 20.9. The molecule has 152 valence electrons. The van der Waals surface area contributed by atoms with Crippen LogP contribution in [0.25, 0.3) is 0 Å². The molecule has 0 atom stereocenters. The van der Waals surface area contributed by atoms with Gasteiger partial charge in [0.05, 0.1) is 4.92 Å². The highest BCUT2D eigenvalue weighted by atomic mass is 16.6. The Morgan fingerprint density at radius 2 is 1.67 bits per heavy atom. The third-order valence-electron chi connectivity index (χ3n) is 4.90. The summed E-state index contributed by atoms with van der Waals surface area (Å²) in [4.78, 5) is 36.2. The fourth-order valence-electron chi connectivity index (χ4n) is 3.35. The number of piperazine rings is 1. The van der Waals surface area contributed by atoms with Crippen LogP contribution in [0, 0.1) is 10.1 Å². The molecule has 2 heterocycles. The lowest BCUT2D eigenvalue weighted by Crippen LogP contribution is -2.49. The van der Waals surface area contributed by atoms with Crippen LogP contribution in [0.1, 0.15) is 10.4 Å². The van der Waals surface area contributed by atoms with Crippen molar-refractivity contribution in [2.75, 3.05) is 36.4 Å². The SMILES string of the molecule is O=C(c1ccc(Nc2ccccc2)c([N+](=O)[O-])c1)N1CCN(c2ncccn2)CC1. The molecule has 0 spiro atoms. The molecule has 30 heavy (non-hydrogen) atoms. The molecule has 2 aromatic carbocycles. The lowest BCUT2D eigenvalue weighted by molar-refractivity contribution is -0.383. The number of hydrogen-bond donors (Lipinski definition) is 1. The monoisotopic (exact) mass is 404 g/mol. The maximum Gasteiger partial charge on any atom is 0.293 e. The summed E-state index contributed by atoms with van der Waals surface area (Å²) in [5.41, 5.74) is 1.23. The smallest absolute Gasteiger partial charge is 0.293 e. The van der Waals surface area contributed by atoms with Crippen LogP contribution in [0.15, 0.2) is 67.0 Å². The van der Waals surface area contributed by atoms with Gasteiger partial charge in [-0.3, -0.25) is 14.9 Å². The van der Waals surface area contributed by atoms with Crippen molar-refractivity contribution in [3.63, 3.8) is 0 Å². The van der Waals surface area contributed by atoms with E-state index in [2.05, 4.69) is 15.3 Å². The number of nitrogens with zero attached hydrogens (tertiary/aromatic N) is 5. The molecule has 4 rings (SSSR count). The number of rotatable bonds is 5. The number of nitro groups is 1. The van der Waals surface area contributed by atoms with E-state index in [1.165, 1.54) is 6.07 Å². The number of hydrogen-bond acceptors (Lipinski definition) is 7. The molecule has 0 bridgehead atoms. The van der Waals surface area contributed by atoms with E-state index in [1.54, 1.807) is 35.5 Å². The van der Waals surface area contributed by atoms with Gasteiger partial charge in [0.25, 0.3) is 11.6 Å². The van der Waals surface area contributed by atoms with Gasteiger partial charge in [-0.1, -0.05) is 18.2 Å². The van der Waals surface area contributed by atoms with Crippen molar-refractivity contribution in [1.29, 1.82) is 0 Å². The zero-order valence-electron chi connectivity index (χ0n) is 16.1. The predicted octanol–water partition coefficient (Wildman–Crippen LogP) is 3.09. The second-order valence-corrected chi connectivity index (χ2v) is 6.81. The van der Waals surface area contributed by atoms with Crippen molar-refractivity contribution in [3.8, 4) is 0 Å². The molecule has 1 saturated heterocycles. The fourth-order valence-corrected chi connectivity index (χ4v) is 3.35. The minimum Gasteiger partial charge on any atom is -0.350 e. The van der Waals surface area contributed by atoms with Crippen molar-refractivity contribution >= 4 is 28.9 Å². The first kappa shape index (κ1) is 19.3. The van der Waals surface area contributed by atoms with Crippen LogP contribution in [0.4, 0.5) is 23.0 Å². The zero-order valence-corrected chi connectivity index (χ0v) is 16.1. The van der Waals surface area contributed by atoms with E-state index in [1.807, 2.05) is 35.2 Å². The third kappa shape index (κ3) is 4.19. The average Bonchev–Trinajstić information content (AvgIpc) is 2.80. The summed E-state index contributed by atoms with van der Waals surface area (Å²) in [6, 6.07) is 15.5. The number of aromatic nitrogens is 2. The first-order valence-electron chi connectivity index (χ1n) is 9.53. The van der Waals surface area contributed by atoms with E-state index in [-0.39, 0.29) is 11.6 Å². The fraction of sp³-hybridized carbons (Fsp3) is 0.190. The second kappa shape index (κ2) is 8.56. The second-order valence-electron chi connectivity index (χ2n) is 6.81. The number of benzene rings is 2. The molecule has 9 nitrogen and oxygen atoms in total. The number of anilines is 3. The molecule has 1 aliphatic heterocycles. The summed E-state index contributed by atoms with van der Waals surface area (Å²) >= 11 is 0. The summed E-state index contributed by atoms with van der Waals surface area (Å²) < 4.78 is 0. The van der Waals surface area contributed by atoms with Gasteiger partial charge in [0.15, 0.2) is 0 Å². The maximum absolute atomic E-state index is 12.9. The Hall–Kier alpha value is -4.01. The molecule has 0 aliphatic carbocycles. The van der Waals surface area contributed by atoms with E-state index >= 15 is 0 Å². The van der Waals surface area contributed by atoms with E-state index in [4.69, 9.17) is 0 Å². The Bertz CT molecular complexity index is 1040. The lowest BCUT2D eigenvalue weighted by Gasteiger charge is -2.34. The van der Waals surface area contributed by atoms with Crippen molar-refractivity contribution in [2.45, 2.75) is 0 Å². The molecule has 9 heteroatoms. The molecule has 0 unspecified atom stereocenters. The van der Waals surface area contributed by atoms with Crippen LogP contribution in [0.5, 0.6) is 0 Å². The van der Waals surface area contributed by atoms with Gasteiger partial charge in [0.2, 0.25) is 5.95 Å². The topological polar surface area (TPSA) is 104 Å². The number of para-hydroxylation sites is 1. The van der Waals surface area contributed by atoms with Crippen LogP contribution < -0.4 is 10.2 Å². The number of nitrogens with one attached hydrogen (secondary N) is 1. The highest BCUT2D eigenvalue weighted by Gasteiger charge is 2.25. The molecule has 1 fully saturated rings. The first-order valence-corrected chi connectivity index (χ1v) is 9.53. The van der Waals surface area contributed by atoms with Crippen LogP contribution in [-0.4, -0.2) is 51.9 Å². The minimum atomic E-state index is -0.479. The van der Waals surface area contributed by atoms with Crippen LogP contribution in [-0.2, 0) is 0 Å². The Kier molecular flexibility index (Phi) is 5.51. The van der Waals surface area contributed by atoms with Crippen molar-refractivity contribution in [1.82, 2.24) is 14.9 Å². The number of amides is 1. The lowest BCUT2D eigenvalue weighted by atomic mass is 10.1. The third-order valence-corrected chi connectivity index (χ3v) is 4.90. The van der Waals surface area contributed by atoms with Crippen molar-refractivity contribution < 1.29 is 9.72 Å². The van der Waals surface area contributed by atoms with E-state index < -0.39 is 4.92 Å². The molecule has 0 saturated carbocycles. The Morgan fingerprint density at radius 3 is 2.33 bits per heavy atom. The van der Waals surface area contributed by atoms with Gasteiger partial charge in [0, 0.05) is 55.9 Å². The Labute approximate surface area is 173 Å². The molecule has 1 amide bonds. The summed E-state index contributed by atoms with van der Waals surface area (Å²) in [6.07, 6.45) is 3.37. The number of carbonyl (C=O) groups is 1. The number of carbonyl (C=O) groups excluding carboxylic acids is 1. The summed E-state index contributed by atoms with van der Waals surface area (Å²) in [7, 11) is 0. The summed E-state index contributed by atoms with van der Waals surface area (Å²) in [5.74, 6) is 0.412. The van der Waals surface area contributed by atoms with Crippen molar-refractivity contribution in [2.24, 2.45) is 0 Å². The minimum absolute atomic E-state index is 0.138. The van der Waals surface area contributed by atoms with Gasteiger partial charge in [0.1, 0.15) is 5.69 Å². The van der Waals surface area contributed by atoms with Crippen LogP contribution >= 0.6 is 0 Å². The molecule has 0 radical (unpaired) electrons. The highest BCUT2D eigenvalue weighted by Crippen LogP contribution is 2.29. The Balaban J connectivity index is 1.48. The maximum atomic E-state index is 12.9. The molecule has 1 aromatic heterocycles. The summed E-state index contributed by atoms with van der Waals surface area (Å²) in [6.45, 7) is 2.20. The van der Waals surface area contributed by atoms with Crippen LogP contribution in [0.3, 0.4) is 0 Å². The standard InChI is InChI=1S/C21H20N6O3/c28-20(25-11-13-26(14-12-25)21-22-9-4-10-23-21)16-7-8-18(19(15-16)27(29)30)24-17-5-2-1-3-6-17/h1-10,15,24H,11-14H2. The van der Waals surface area contributed by atoms with Gasteiger partial charge in [-0.2, -0.15) is 0 Å². The summed E-state index contributed by atoms with van der Waals surface area (Å²) in [5, 5.41) is 14.6. The molecule has 1 aliphatic rings. The van der Waals surface area contributed by atoms with E-state index in [9.17, 15) is 14.9 Å². The van der Waals surface area contributed by atoms with E-state index in [0.29, 0.717) is 43.4 Å². The molecular formula is C21H20N6O3. The highest BCUT2D eigenvalue weighted by molar-refractivity contribution is 5.96. The van der Waals surface area contributed by atoms with Gasteiger partial charge >= 0.3 is 0 Å². The van der Waals surface area contributed by atoms with E-state index in [0.717, 1.165) is 5.69 Å². The number of nitro benzene ring substituents is 1. The largest absolute Gasteiger partial charge is 0.350 e. The predicted molar refractivity (Wildman–Crippen MR) is 113 cm³/mol. The van der Waals surface area contributed by atoms with Crippen molar-refractivity contribution in [3.05, 3.63) is 82.7 Å². The molecule has 3 aromatic rings. The molecule has 1 N–H and O–H groups in total. The van der Waals surface area contributed by atoms with Crippen LogP contribution in [0.2, 0.25) is 0 Å². The van der Waals surface area contributed by atoms with Gasteiger partial charge in [-0.05, 0) is 30.3 Å². The average molecular weight is 404 g/mol. The molecular weight excluding hydrogens is 384 g/mol. The van der Waals surface area contributed by atoms with Gasteiger partial charge < -0.3 is 15.1 Å². The quantitative estimate of drug-likeness (QED) is 0.515. The van der Waals surface area contributed by atoms with Gasteiger partial charge in [-0.15, -0.1) is 0 Å². The van der Waals surface area contributed by atoms with Gasteiger partial charge in [-0.25, -0.2) is 9.97 Å². The normalized spacial score (nSPS) is 13.7. The first-order chi connectivity index (χ1) is 14.6.